The van der Waals surface area contributed by atoms with Gasteiger partial charge in [0, 0.05) is 0 Å². The van der Waals surface area contributed by atoms with Crippen molar-refractivity contribution in [2.45, 2.75) is 39.0 Å². The molecule has 0 aromatic heterocycles. The fourth-order valence-corrected chi connectivity index (χ4v) is 2.19. The van der Waals surface area contributed by atoms with Gasteiger partial charge >= 0.3 is 5.97 Å². The minimum absolute atomic E-state index is 0.184. The van der Waals surface area contributed by atoms with E-state index in [0.29, 0.717) is 6.61 Å². The smallest absolute Gasteiger partial charge is 0.338 e. The van der Waals surface area contributed by atoms with E-state index in [1.807, 2.05) is 13.0 Å². The Balaban J connectivity index is 2.03. The quantitative estimate of drug-likeness (QED) is 0.665. The number of hydrogen-bond acceptors (Lipinski definition) is 2. The highest BCUT2D eigenvalue weighted by Gasteiger charge is 2.17. The summed E-state index contributed by atoms with van der Waals surface area (Å²) >= 11 is 0. The minimum Gasteiger partial charge on any atom is -0.458 e. The summed E-state index contributed by atoms with van der Waals surface area (Å²) in [5.74, 6) is -0.184. The second-order valence-corrected chi connectivity index (χ2v) is 4.45. The standard InChI is InChI=1S/C14H18O2/c1-11(13-9-10-16-14(13)15)7-8-12-5-3-2-4-6-12/h7-9H,2-6,10H2,1H3/b11-7-. The average molecular weight is 218 g/mol. The van der Waals surface area contributed by atoms with E-state index in [1.54, 1.807) is 0 Å². The third-order valence-electron chi connectivity index (χ3n) is 3.21. The molecular formula is C14H18O2. The Morgan fingerprint density at radius 2 is 2.06 bits per heavy atom. The molecule has 2 nitrogen and oxygen atoms in total. The molecule has 0 bridgehead atoms. The Bertz CT molecular complexity index is 364. The Morgan fingerprint density at radius 3 is 2.69 bits per heavy atom. The van der Waals surface area contributed by atoms with E-state index < -0.39 is 0 Å². The second kappa shape index (κ2) is 5.15. The fraction of sp³-hybridized carbons (Fsp3) is 0.500. The van der Waals surface area contributed by atoms with Crippen LogP contribution in [0.15, 0.2) is 34.9 Å². The molecule has 0 amide bonds. The van der Waals surface area contributed by atoms with E-state index in [-0.39, 0.29) is 5.97 Å². The van der Waals surface area contributed by atoms with Crippen LogP contribution in [-0.2, 0) is 9.53 Å². The molecular weight excluding hydrogens is 200 g/mol. The van der Waals surface area contributed by atoms with E-state index in [0.717, 1.165) is 11.1 Å². The first-order chi connectivity index (χ1) is 7.77. The number of cyclic esters (lactones) is 1. The zero-order valence-electron chi connectivity index (χ0n) is 9.79. The molecule has 16 heavy (non-hydrogen) atoms. The zero-order chi connectivity index (χ0) is 11.4. The normalized spacial score (nSPS) is 21.8. The molecule has 1 aliphatic heterocycles. The van der Waals surface area contributed by atoms with Crippen molar-refractivity contribution in [1.29, 1.82) is 0 Å². The maximum Gasteiger partial charge on any atom is 0.338 e. The number of carbonyl (C=O) groups is 1. The molecule has 0 atom stereocenters. The van der Waals surface area contributed by atoms with Crippen LogP contribution >= 0.6 is 0 Å². The number of hydrogen-bond donors (Lipinski definition) is 0. The van der Waals surface area contributed by atoms with Crippen molar-refractivity contribution in [3.63, 3.8) is 0 Å². The van der Waals surface area contributed by atoms with Crippen molar-refractivity contribution in [1.82, 2.24) is 0 Å². The molecule has 2 aliphatic rings. The molecule has 1 saturated carbocycles. The summed E-state index contributed by atoms with van der Waals surface area (Å²) in [5, 5.41) is 0. The number of carbonyl (C=O) groups excluding carboxylic acids is 1. The van der Waals surface area contributed by atoms with Gasteiger partial charge in [-0.2, -0.15) is 0 Å². The van der Waals surface area contributed by atoms with Gasteiger partial charge in [-0.1, -0.05) is 24.1 Å². The highest BCUT2D eigenvalue weighted by atomic mass is 16.5. The van der Waals surface area contributed by atoms with Gasteiger partial charge in [0.1, 0.15) is 6.61 Å². The Kier molecular flexibility index (Phi) is 3.60. The lowest BCUT2D eigenvalue weighted by molar-refractivity contribution is -0.135. The number of allylic oxidation sites excluding steroid dienone is 3. The molecule has 86 valence electrons. The fourth-order valence-electron chi connectivity index (χ4n) is 2.19. The summed E-state index contributed by atoms with van der Waals surface area (Å²) in [6.45, 7) is 2.40. The molecule has 1 heterocycles. The van der Waals surface area contributed by atoms with Gasteiger partial charge in [0.05, 0.1) is 5.57 Å². The summed E-state index contributed by atoms with van der Waals surface area (Å²) in [5.41, 5.74) is 3.26. The molecule has 0 N–H and O–H groups in total. The summed E-state index contributed by atoms with van der Waals surface area (Å²) in [7, 11) is 0. The van der Waals surface area contributed by atoms with E-state index in [9.17, 15) is 4.79 Å². The van der Waals surface area contributed by atoms with E-state index in [2.05, 4.69) is 12.2 Å². The van der Waals surface area contributed by atoms with Gasteiger partial charge in [-0.15, -0.1) is 0 Å². The van der Waals surface area contributed by atoms with Gasteiger partial charge < -0.3 is 4.74 Å². The third kappa shape index (κ3) is 2.63. The molecule has 2 rings (SSSR count). The molecule has 0 saturated heterocycles. The third-order valence-corrected chi connectivity index (χ3v) is 3.21. The van der Waals surface area contributed by atoms with Crippen LogP contribution in [0.1, 0.15) is 39.0 Å². The monoisotopic (exact) mass is 218 g/mol. The topological polar surface area (TPSA) is 26.3 Å². The molecule has 0 spiro atoms. The number of esters is 1. The van der Waals surface area contributed by atoms with Gasteiger partial charge in [0.15, 0.2) is 0 Å². The first kappa shape index (κ1) is 11.2. The first-order valence-corrected chi connectivity index (χ1v) is 6.01. The SMILES string of the molecule is C/C(=C/C=C1CCCCC1)C1=CCOC1=O. The van der Waals surface area contributed by atoms with E-state index >= 15 is 0 Å². The summed E-state index contributed by atoms with van der Waals surface area (Å²) in [6, 6.07) is 0. The molecule has 0 radical (unpaired) electrons. The predicted molar refractivity (Wildman–Crippen MR) is 64.0 cm³/mol. The lowest BCUT2D eigenvalue weighted by Gasteiger charge is -2.12. The molecule has 2 heteroatoms. The van der Waals surface area contributed by atoms with E-state index in [1.165, 1.54) is 37.7 Å². The Morgan fingerprint density at radius 1 is 1.31 bits per heavy atom. The maximum absolute atomic E-state index is 11.3. The number of ether oxygens (including phenoxy) is 1. The number of rotatable bonds is 2. The van der Waals surface area contributed by atoms with Gasteiger partial charge in [-0.25, -0.2) is 4.79 Å². The maximum atomic E-state index is 11.3. The van der Waals surface area contributed by atoms with Crippen molar-refractivity contribution < 1.29 is 9.53 Å². The van der Waals surface area contributed by atoms with Crippen LogP contribution in [0.2, 0.25) is 0 Å². The molecule has 1 aliphatic carbocycles. The van der Waals surface area contributed by atoms with Crippen molar-refractivity contribution >= 4 is 5.97 Å². The van der Waals surface area contributed by atoms with Crippen LogP contribution in [-0.4, -0.2) is 12.6 Å². The predicted octanol–water partition coefficient (Wildman–Crippen LogP) is 3.31. The Hall–Kier alpha value is -1.31. The summed E-state index contributed by atoms with van der Waals surface area (Å²) in [4.78, 5) is 11.3. The molecule has 0 unspecified atom stereocenters. The van der Waals surface area contributed by atoms with Crippen LogP contribution in [0, 0.1) is 0 Å². The van der Waals surface area contributed by atoms with Crippen LogP contribution in [0.5, 0.6) is 0 Å². The second-order valence-electron chi connectivity index (χ2n) is 4.45. The van der Waals surface area contributed by atoms with Gasteiger partial charge in [-0.3, -0.25) is 0 Å². The molecule has 1 fully saturated rings. The first-order valence-electron chi connectivity index (χ1n) is 6.01. The van der Waals surface area contributed by atoms with Crippen LogP contribution in [0.25, 0.3) is 0 Å². The van der Waals surface area contributed by atoms with Crippen molar-refractivity contribution in [2.24, 2.45) is 0 Å². The largest absolute Gasteiger partial charge is 0.458 e. The minimum atomic E-state index is -0.184. The zero-order valence-corrected chi connectivity index (χ0v) is 9.79. The van der Waals surface area contributed by atoms with Gasteiger partial charge in [0.25, 0.3) is 0 Å². The van der Waals surface area contributed by atoms with Gasteiger partial charge in [-0.05, 0) is 44.3 Å². The Labute approximate surface area is 96.7 Å². The van der Waals surface area contributed by atoms with E-state index in [4.69, 9.17) is 4.74 Å². The van der Waals surface area contributed by atoms with Crippen LogP contribution in [0.3, 0.4) is 0 Å². The summed E-state index contributed by atoms with van der Waals surface area (Å²) < 4.78 is 4.89. The average Bonchev–Trinajstić information content (AvgIpc) is 2.74. The highest BCUT2D eigenvalue weighted by Crippen LogP contribution is 2.23. The lowest BCUT2D eigenvalue weighted by Crippen LogP contribution is -2.00. The van der Waals surface area contributed by atoms with Crippen molar-refractivity contribution in [3.05, 3.63) is 34.9 Å². The van der Waals surface area contributed by atoms with Crippen molar-refractivity contribution in [3.8, 4) is 0 Å². The molecule has 0 aromatic carbocycles. The van der Waals surface area contributed by atoms with Crippen LogP contribution < -0.4 is 0 Å². The molecule has 0 aromatic rings. The summed E-state index contributed by atoms with van der Waals surface area (Å²) in [6.07, 6.45) is 12.5. The van der Waals surface area contributed by atoms with Crippen LogP contribution in [0.4, 0.5) is 0 Å². The highest BCUT2D eigenvalue weighted by molar-refractivity contribution is 5.95. The van der Waals surface area contributed by atoms with Crippen molar-refractivity contribution in [2.75, 3.05) is 6.61 Å². The lowest BCUT2D eigenvalue weighted by atomic mass is 9.94. The van der Waals surface area contributed by atoms with Gasteiger partial charge in [0.2, 0.25) is 0 Å².